The fourth-order valence-electron chi connectivity index (χ4n) is 6.35. The summed E-state index contributed by atoms with van der Waals surface area (Å²) in [5.41, 5.74) is 0. The van der Waals surface area contributed by atoms with E-state index in [0.717, 1.165) is 44.9 Å². The monoisotopic (exact) mass is 822 g/mol. The molecule has 0 rings (SSSR count). The minimum absolute atomic E-state index is 0.0467. The van der Waals surface area contributed by atoms with Crippen LogP contribution in [0.5, 0.6) is 0 Å². The largest absolute Gasteiger partial charge is 0.472 e. The van der Waals surface area contributed by atoms with Crippen LogP contribution in [0.25, 0.3) is 0 Å². The first-order valence-electron chi connectivity index (χ1n) is 23.2. The number of quaternary nitrogens is 1. The Hall–Kier alpha value is -1.80. The van der Waals surface area contributed by atoms with Crippen LogP contribution in [0.1, 0.15) is 187 Å². The Balaban J connectivity index is 4.41. The molecule has 0 fully saturated rings. The van der Waals surface area contributed by atoms with E-state index >= 15 is 0 Å². The van der Waals surface area contributed by atoms with Crippen LogP contribution in [-0.4, -0.2) is 73.4 Å². The summed E-state index contributed by atoms with van der Waals surface area (Å²) in [5, 5.41) is 13.8. The normalized spacial score (nSPS) is 14.9. The van der Waals surface area contributed by atoms with Crippen LogP contribution in [0.4, 0.5) is 0 Å². The van der Waals surface area contributed by atoms with Crippen LogP contribution < -0.4 is 5.32 Å². The second kappa shape index (κ2) is 39.6. The van der Waals surface area contributed by atoms with Crippen molar-refractivity contribution in [3.8, 4) is 0 Å². The summed E-state index contributed by atoms with van der Waals surface area (Å²) >= 11 is 0. The number of phosphoric acid groups is 1. The third kappa shape index (κ3) is 42.1. The Morgan fingerprint density at radius 2 is 1.05 bits per heavy atom. The molecule has 8 nitrogen and oxygen atoms in total. The number of carbonyl (C=O) groups is 1. The lowest BCUT2D eigenvalue weighted by molar-refractivity contribution is -0.870. The number of aliphatic hydroxyl groups is 1. The van der Waals surface area contributed by atoms with Gasteiger partial charge >= 0.3 is 7.82 Å². The van der Waals surface area contributed by atoms with Crippen molar-refractivity contribution in [2.24, 2.45) is 0 Å². The molecule has 3 N–H and O–H groups in total. The predicted octanol–water partition coefficient (Wildman–Crippen LogP) is 13.0. The molecule has 57 heavy (non-hydrogen) atoms. The molecule has 0 aromatic rings. The summed E-state index contributed by atoms with van der Waals surface area (Å²) in [6.07, 6.45) is 51.8. The lowest BCUT2D eigenvalue weighted by Gasteiger charge is -2.25. The van der Waals surface area contributed by atoms with E-state index in [1.54, 1.807) is 6.08 Å². The quantitative estimate of drug-likeness (QED) is 0.0245. The van der Waals surface area contributed by atoms with E-state index < -0.39 is 20.0 Å². The van der Waals surface area contributed by atoms with Gasteiger partial charge < -0.3 is 19.8 Å². The number of amides is 1. The first kappa shape index (κ1) is 55.2. The average molecular weight is 822 g/mol. The molecule has 0 spiro atoms. The predicted molar refractivity (Wildman–Crippen MR) is 244 cm³/mol. The highest BCUT2D eigenvalue weighted by atomic mass is 31.2. The Labute approximate surface area is 351 Å². The number of hydrogen-bond acceptors (Lipinski definition) is 5. The topological polar surface area (TPSA) is 105 Å². The molecular formula is C48H90N2O6P+. The molecule has 0 radical (unpaired) electrons. The molecule has 0 bridgehead atoms. The first-order valence-corrected chi connectivity index (χ1v) is 24.7. The van der Waals surface area contributed by atoms with Gasteiger partial charge in [-0.25, -0.2) is 4.57 Å². The van der Waals surface area contributed by atoms with Gasteiger partial charge in [0.25, 0.3) is 0 Å². The highest BCUT2D eigenvalue weighted by molar-refractivity contribution is 7.47. The van der Waals surface area contributed by atoms with Crippen LogP contribution in [0.15, 0.2) is 60.8 Å². The Bertz CT molecular complexity index is 1110. The molecule has 0 aliphatic heterocycles. The van der Waals surface area contributed by atoms with E-state index in [2.05, 4.69) is 55.6 Å². The van der Waals surface area contributed by atoms with Crippen molar-refractivity contribution >= 4 is 13.7 Å². The van der Waals surface area contributed by atoms with Gasteiger partial charge in [0.15, 0.2) is 0 Å². The molecule has 0 aliphatic carbocycles. The van der Waals surface area contributed by atoms with E-state index in [0.29, 0.717) is 17.4 Å². The van der Waals surface area contributed by atoms with E-state index in [9.17, 15) is 19.4 Å². The van der Waals surface area contributed by atoms with E-state index in [-0.39, 0.29) is 25.5 Å². The summed E-state index contributed by atoms with van der Waals surface area (Å²) in [4.78, 5) is 23.1. The highest BCUT2D eigenvalue weighted by Crippen LogP contribution is 2.43. The minimum atomic E-state index is -4.36. The van der Waals surface area contributed by atoms with Gasteiger partial charge in [0, 0.05) is 6.42 Å². The molecule has 0 saturated heterocycles. The van der Waals surface area contributed by atoms with Crippen LogP contribution in [0.2, 0.25) is 0 Å². The fraction of sp³-hybridized carbons (Fsp3) is 0.771. The number of aliphatic hydroxyl groups excluding tert-OH is 1. The minimum Gasteiger partial charge on any atom is -0.387 e. The SMILES string of the molecule is CC/C=C\C/C=C\C/C=C\C/C=C\CCC(=O)NC(COP(=O)(O)OCC[N+](C)(C)C)C(O)/C=C/CCCCCCCCCCCCCCCCCCCCCC. The van der Waals surface area contributed by atoms with Gasteiger partial charge in [-0.05, 0) is 44.9 Å². The zero-order valence-corrected chi connectivity index (χ0v) is 38.5. The number of likely N-dealkylation sites (N-methyl/N-ethyl adjacent to an activating group) is 1. The molecule has 9 heteroatoms. The van der Waals surface area contributed by atoms with Gasteiger partial charge in [0.05, 0.1) is 39.9 Å². The van der Waals surface area contributed by atoms with Crippen LogP contribution in [0, 0.1) is 0 Å². The van der Waals surface area contributed by atoms with Crippen LogP contribution >= 0.6 is 7.82 Å². The van der Waals surface area contributed by atoms with E-state index in [4.69, 9.17) is 9.05 Å². The number of hydrogen-bond donors (Lipinski definition) is 3. The van der Waals surface area contributed by atoms with Gasteiger partial charge in [0.1, 0.15) is 13.2 Å². The molecule has 3 unspecified atom stereocenters. The molecule has 332 valence electrons. The molecule has 0 heterocycles. The number of phosphoric ester groups is 1. The summed E-state index contributed by atoms with van der Waals surface area (Å²) in [7, 11) is 1.52. The molecule has 3 atom stereocenters. The highest BCUT2D eigenvalue weighted by Gasteiger charge is 2.27. The zero-order chi connectivity index (χ0) is 42.1. The third-order valence-electron chi connectivity index (χ3n) is 10.0. The maximum Gasteiger partial charge on any atom is 0.472 e. The Kier molecular flexibility index (Phi) is 38.4. The molecule has 0 aromatic carbocycles. The van der Waals surface area contributed by atoms with Crippen molar-refractivity contribution in [2.75, 3.05) is 40.9 Å². The van der Waals surface area contributed by atoms with Crippen LogP contribution in [0.3, 0.4) is 0 Å². The number of allylic oxidation sites excluding steroid dienone is 9. The van der Waals surface area contributed by atoms with Gasteiger partial charge in [-0.2, -0.15) is 0 Å². The molecule has 0 aliphatic rings. The molecule has 0 saturated carbocycles. The number of nitrogens with zero attached hydrogens (tertiary/aromatic N) is 1. The smallest absolute Gasteiger partial charge is 0.387 e. The van der Waals surface area contributed by atoms with E-state index in [1.807, 2.05) is 39.4 Å². The summed E-state index contributed by atoms with van der Waals surface area (Å²) in [5.74, 6) is -0.258. The maximum absolute atomic E-state index is 12.8. The van der Waals surface area contributed by atoms with Gasteiger partial charge in [-0.15, -0.1) is 0 Å². The summed E-state index contributed by atoms with van der Waals surface area (Å²) in [6, 6.07) is -0.886. The first-order chi connectivity index (χ1) is 27.5. The van der Waals surface area contributed by atoms with Crippen molar-refractivity contribution in [1.29, 1.82) is 0 Å². The zero-order valence-electron chi connectivity index (χ0n) is 37.6. The third-order valence-corrected chi connectivity index (χ3v) is 11.0. The molecule has 0 aromatic heterocycles. The van der Waals surface area contributed by atoms with Gasteiger partial charge in [-0.3, -0.25) is 13.8 Å². The van der Waals surface area contributed by atoms with Crippen molar-refractivity contribution in [1.82, 2.24) is 5.32 Å². The molecular weight excluding hydrogens is 732 g/mol. The number of unbranched alkanes of at least 4 members (excludes halogenated alkanes) is 20. The average Bonchev–Trinajstić information content (AvgIpc) is 3.16. The molecule has 1 amide bonds. The Morgan fingerprint density at radius 1 is 0.614 bits per heavy atom. The second-order valence-corrected chi connectivity index (χ2v) is 18.2. The van der Waals surface area contributed by atoms with Crippen molar-refractivity contribution in [3.63, 3.8) is 0 Å². The lowest BCUT2D eigenvalue weighted by atomic mass is 10.0. The number of rotatable bonds is 41. The van der Waals surface area contributed by atoms with Crippen molar-refractivity contribution < 1.29 is 32.9 Å². The fourth-order valence-corrected chi connectivity index (χ4v) is 7.08. The summed E-state index contributed by atoms with van der Waals surface area (Å²) in [6.45, 7) is 4.64. The van der Waals surface area contributed by atoms with Gasteiger partial charge in [-0.1, -0.05) is 197 Å². The Morgan fingerprint density at radius 3 is 1.51 bits per heavy atom. The van der Waals surface area contributed by atoms with Crippen LogP contribution in [-0.2, 0) is 18.4 Å². The number of nitrogens with one attached hydrogen (secondary N) is 1. The standard InChI is InChI=1S/C48H89N2O6P/c1-6-8-10-12-14-16-18-20-21-22-23-24-25-26-27-28-30-31-33-35-37-39-41-47(51)46(45-56-57(53,54)55-44-43-50(3,4)5)49-48(52)42-40-38-36-34-32-29-19-17-15-13-11-9-7-2/h9,11,15,17,29,32,36,38-39,41,46-47,51H,6-8,10,12-14,16,18-28,30-31,33-35,37,40,42-45H2,1-5H3,(H-,49,52,53,54)/p+1/b11-9-,17-15-,32-29-,38-36-,41-39+. The van der Waals surface area contributed by atoms with Crippen molar-refractivity contribution in [3.05, 3.63) is 60.8 Å². The lowest BCUT2D eigenvalue weighted by Crippen LogP contribution is -2.45. The maximum atomic E-state index is 12.8. The van der Waals surface area contributed by atoms with Crippen molar-refractivity contribution in [2.45, 2.75) is 199 Å². The van der Waals surface area contributed by atoms with Gasteiger partial charge in [0.2, 0.25) is 5.91 Å². The number of carbonyl (C=O) groups excluding carboxylic acids is 1. The second-order valence-electron chi connectivity index (χ2n) is 16.8. The summed E-state index contributed by atoms with van der Waals surface area (Å²) < 4.78 is 23.5. The van der Waals surface area contributed by atoms with E-state index in [1.165, 1.54) is 116 Å².